The Kier molecular flexibility index (Phi) is 5.33. The van der Waals surface area contributed by atoms with Gasteiger partial charge < -0.3 is 20.5 Å². The molecule has 0 radical (unpaired) electrons. The normalized spacial score (nSPS) is 20.0. The lowest BCUT2D eigenvalue weighted by atomic mass is 9.98. The largest absolute Gasteiger partial charge is 0.479 e. The van der Waals surface area contributed by atoms with Gasteiger partial charge in [0.15, 0.2) is 5.54 Å². The predicted molar refractivity (Wildman–Crippen MR) is 82.3 cm³/mol. The van der Waals surface area contributed by atoms with Gasteiger partial charge in [-0.05, 0) is 24.6 Å². The van der Waals surface area contributed by atoms with Crippen LogP contribution in [0.1, 0.15) is 40.5 Å². The summed E-state index contributed by atoms with van der Waals surface area (Å²) in [5, 5.41) is 14.6. The smallest absolute Gasteiger partial charge is 0.331 e. The number of carbonyl (C=O) groups is 3. The predicted octanol–water partition coefficient (Wildman–Crippen LogP) is 0.800. The van der Waals surface area contributed by atoms with Crippen molar-refractivity contribution in [3.05, 3.63) is 35.4 Å². The molecule has 0 aliphatic carbocycles. The van der Waals surface area contributed by atoms with E-state index in [2.05, 4.69) is 10.6 Å². The molecule has 0 saturated carbocycles. The van der Waals surface area contributed by atoms with Crippen molar-refractivity contribution in [2.75, 3.05) is 19.8 Å². The molecule has 3 N–H and O–H groups in total. The molecule has 7 heteroatoms. The van der Waals surface area contributed by atoms with E-state index in [1.54, 1.807) is 12.1 Å². The van der Waals surface area contributed by atoms with Crippen LogP contribution in [0.2, 0.25) is 0 Å². The Morgan fingerprint density at radius 3 is 2.52 bits per heavy atom. The van der Waals surface area contributed by atoms with Crippen LogP contribution in [0.5, 0.6) is 0 Å². The highest BCUT2D eigenvalue weighted by Gasteiger charge is 2.44. The number of amides is 2. The maximum absolute atomic E-state index is 12.3. The summed E-state index contributed by atoms with van der Waals surface area (Å²) in [6.07, 6.45) is 1.03. The number of benzene rings is 1. The van der Waals surface area contributed by atoms with Crippen LogP contribution in [0.3, 0.4) is 0 Å². The number of ether oxygens (including phenoxy) is 1. The first-order chi connectivity index (χ1) is 11.0. The number of rotatable bonds is 6. The Labute approximate surface area is 134 Å². The quantitative estimate of drug-likeness (QED) is 0.719. The van der Waals surface area contributed by atoms with Crippen LogP contribution in [-0.2, 0) is 9.53 Å². The molecular formula is C16H20N2O5. The molecule has 0 spiro atoms. The van der Waals surface area contributed by atoms with Gasteiger partial charge in [-0.15, -0.1) is 0 Å². The third-order valence-electron chi connectivity index (χ3n) is 3.71. The zero-order valence-electron chi connectivity index (χ0n) is 12.9. The van der Waals surface area contributed by atoms with Crippen molar-refractivity contribution < 1.29 is 24.2 Å². The minimum Gasteiger partial charge on any atom is -0.479 e. The van der Waals surface area contributed by atoms with Gasteiger partial charge in [0, 0.05) is 30.7 Å². The second-order valence-electron chi connectivity index (χ2n) is 5.48. The highest BCUT2D eigenvalue weighted by Crippen LogP contribution is 2.20. The molecule has 2 amide bonds. The third-order valence-corrected chi connectivity index (χ3v) is 3.71. The van der Waals surface area contributed by atoms with Gasteiger partial charge in [0.1, 0.15) is 0 Å². The van der Waals surface area contributed by atoms with Crippen molar-refractivity contribution in [3.8, 4) is 0 Å². The van der Waals surface area contributed by atoms with Gasteiger partial charge in [-0.2, -0.15) is 0 Å². The van der Waals surface area contributed by atoms with Crippen molar-refractivity contribution in [2.24, 2.45) is 0 Å². The molecule has 1 fully saturated rings. The van der Waals surface area contributed by atoms with Gasteiger partial charge in [-0.25, -0.2) is 4.79 Å². The Bertz CT molecular complexity index is 608. The number of carbonyl (C=O) groups excluding carboxylic acids is 2. The van der Waals surface area contributed by atoms with Crippen molar-refractivity contribution >= 4 is 17.8 Å². The first-order valence-electron chi connectivity index (χ1n) is 7.50. The molecule has 2 rings (SSSR count). The van der Waals surface area contributed by atoms with Gasteiger partial charge in [0.2, 0.25) is 0 Å². The number of hydrogen-bond donors (Lipinski definition) is 3. The summed E-state index contributed by atoms with van der Waals surface area (Å²) in [7, 11) is 0. The van der Waals surface area contributed by atoms with E-state index in [1.165, 1.54) is 12.1 Å². The lowest BCUT2D eigenvalue weighted by Crippen LogP contribution is -2.55. The molecule has 0 aromatic heterocycles. The third kappa shape index (κ3) is 3.87. The van der Waals surface area contributed by atoms with Gasteiger partial charge >= 0.3 is 5.97 Å². The van der Waals surface area contributed by atoms with Gasteiger partial charge in [-0.3, -0.25) is 9.59 Å². The van der Waals surface area contributed by atoms with E-state index >= 15 is 0 Å². The minimum atomic E-state index is -1.41. The van der Waals surface area contributed by atoms with Crippen LogP contribution in [0.25, 0.3) is 0 Å². The molecule has 1 atom stereocenters. The standard InChI is InChI=1S/C16H20N2O5/c1-2-7-17-13(19)11-4-3-5-12(9-11)14(20)18-16(15(21)22)6-8-23-10-16/h3-5,9H,2,6-8,10H2,1H3,(H,17,19)(H,18,20)(H,21,22). The molecule has 23 heavy (non-hydrogen) atoms. The molecule has 1 aromatic rings. The fourth-order valence-corrected chi connectivity index (χ4v) is 2.32. The number of aliphatic carboxylic acids is 1. The second kappa shape index (κ2) is 7.23. The zero-order valence-corrected chi connectivity index (χ0v) is 12.9. The monoisotopic (exact) mass is 320 g/mol. The molecule has 1 aromatic carbocycles. The lowest BCUT2D eigenvalue weighted by Gasteiger charge is -2.23. The van der Waals surface area contributed by atoms with Crippen LogP contribution in [0.15, 0.2) is 24.3 Å². The molecule has 1 aliphatic heterocycles. The Balaban J connectivity index is 2.13. The summed E-state index contributed by atoms with van der Waals surface area (Å²) in [6.45, 7) is 2.71. The molecule has 0 bridgehead atoms. The Morgan fingerprint density at radius 2 is 1.96 bits per heavy atom. The van der Waals surface area contributed by atoms with Crippen LogP contribution in [0.4, 0.5) is 0 Å². The summed E-state index contributed by atoms with van der Waals surface area (Å²) in [5.41, 5.74) is -0.808. The zero-order chi connectivity index (χ0) is 16.9. The Hall–Kier alpha value is -2.41. The highest BCUT2D eigenvalue weighted by atomic mass is 16.5. The van der Waals surface area contributed by atoms with E-state index < -0.39 is 17.4 Å². The molecule has 1 heterocycles. The van der Waals surface area contributed by atoms with E-state index in [0.717, 1.165) is 6.42 Å². The fraction of sp³-hybridized carbons (Fsp3) is 0.438. The lowest BCUT2D eigenvalue weighted by molar-refractivity contribution is -0.144. The molecule has 1 aliphatic rings. The SMILES string of the molecule is CCCNC(=O)c1cccc(C(=O)NC2(C(=O)O)CCOC2)c1. The number of nitrogens with one attached hydrogen (secondary N) is 2. The van der Waals surface area contributed by atoms with Gasteiger partial charge in [-0.1, -0.05) is 13.0 Å². The highest BCUT2D eigenvalue weighted by molar-refractivity contribution is 6.01. The molecular weight excluding hydrogens is 300 g/mol. The molecule has 1 unspecified atom stereocenters. The summed E-state index contributed by atoms with van der Waals surface area (Å²) >= 11 is 0. The van der Waals surface area contributed by atoms with Crippen molar-refractivity contribution in [2.45, 2.75) is 25.3 Å². The maximum atomic E-state index is 12.3. The summed E-state index contributed by atoms with van der Waals surface area (Å²) in [5.74, 6) is -1.93. The average molecular weight is 320 g/mol. The molecule has 7 nitrogen and oxygen atoms in total. The van der Waals surface area contributed by atoms with Crippen LogP contribution in [-0.4, -0.2) is 48.2 Å². The van der Waals surface area contributed by atoms with E-state index in [0.29, 0.717) is 12.1 Å². The van der Waals surface area contributed by atoms with E-state index in [4.69, 9.17) is 4.74 Å². The summed E-state index contributed by atoms with van der Waals surface area (Å²) in [4.78, 5) is 35.7. The minimum absolute atomic E-state index is 0.0647. The van der Waals surface area contributed by atoms with Crippen LogP contribution >= 0.6 is 0 Å². The topological polar surface area (TPSA) is 105 Å². The first-order valence-corrected chi connectivity index (χ1v) is 7.50. The van der Waals surface area contributed by atoms with E-state index in [1.807, 2.05) is 6.92 Å². The number of carboxylic acid groups (broad SMARTS) is 1. The van der Waals surface area contributed by atoms with Crippen molar-refractivity contribution in [3.63, 3.8) is 0 Å². The second-order valence-corrected chi connectivity index (χ2v) is 5.48. The maximum Gasteiger partial charge on any atom is 0.331 e. The fourth-order valence-electron chi connectivity index (χ4n) is 2.32. The van der Waals surface area contributed by atoms with Gasteiger partial charge in [0.05, 0.1) is 6.61 Å². The van der Waals surface area contributed by atoms with E-state index in [9.17, 15) is 19.5 Å². The van der Waals surface area contributed by atoms with Crippen LogP contribution < -0.4 is 10.6 Å². The number of carboxylic acids is 1. The van der Waals surface area contributed by atoms with Crippen molar-refractivity contribution in [1.29, 1.82) is 0 Å². The molecule has 1 saturated heterocycles. The Morgan fingerprint density at radius 1 is 1.26 bits per heavy atom. The van der Waals surface area contributed by atoms with Crippen LogP contribution in [0, 0.1) is 0 Å². The average Bonchev–Trinajstić information content (AvgIpc) is 3.02. The molecule has 124 valence electrons. The first kappa shape index (κ1) is 17.0. The van der Waals surface area contributed by atoms with Gasteiger partial charge in [0.25, 0.3) is 11.8 Å². The van der Waals surface area contributed by atoms with Crippen molar-refractivity contribution in [1.82, 2.24) is 10.6 Å². The van der Waals surface area contributed by atoms with E-state index in [-0.39, 0.29) is 31.1 Å². The summed E-state index contributed by atoms with van der Waals surface area (Å²) < 4.78 is 5.11. The number of hydrogen-bond acceptors (Lipinski definition) is 4. The summed E-state index contributed by atoms with van der Waals surface area (Å²) in [6, 6.07) is 6.19.